The SMILES string of the molecule is CC/C=C\C/C=C\C/C=C\C/C=C\CCCCC(=O)OCC(COC(=O)CCCCCCCCCCCCCCCCCCCCCCCCCCCC)OC(=O)CCCCCCCCC/C=C\C/C=C\C/C=C\CC. The third kappa shape index (κ3) is 61.4. The van der Waals surface area contributed by atoms with Gasteiger partial charge in [0.25, 0.3) is 0 Å². The molecule has 0 aromatic rings. The summed E-state index contributed by atoms with van der Waals surface area (Å²) >= 11 is 0. The van der Waals surface area contributed by atoms with E-state index in [1.54, 1.807) is 0 Å². The van der Waals surface area contributed by atoms with Gasteiger partial charge < -0.3 is 14.2 Å². The van der Waals surface area contributed by atoms with E-state index in [1.165, 1.54) is 173 Å². The number of hydrogen-bond acceptors (Lipinski definition) is 6. The van der Waals surface area contributed by atoms with Crippen LogP contribution in [0.5, 0.6) is 0 Å². The lowest BCUT2D eigenvalue weighted by molar-refractivity contribution is -0.167. The van der Waals surface area contributed by atoms with Crippen LogP contribution in [-0.2, 0) is 28.6 Å². The molecule has 6 nitrogen and oxygen atoms in total. The first-order valence-corrected chi connectivity index (χ1v) is 32.6. The second-order valence-corrected chi connectivity index (χ2v) is 21.6. The number of esters is 3. The lowest BCUT2D eigenvalue weighted by Crippen LogP contribution is -2.30. The quantitative estimate of drug-likeness (QED) is 0.0261. The minimum absolute atomic E-state index is 0.0916. The molecule has 0 aliphatic heterocycles. The topological polar surface area (TPSA) is 78.9 Å². The monoisotopic (exact) mass is 1060 g/mol. The summed E-state index contributed by atoms with van der Waals surface area (Å²) in [5.41, 5.74) is 0. The number of hydrogen-bond donors (Lipinski definition) is 0. The Hall–Kier alpha value is -3.41. The lowest BCUT2D eigenvalue weighted by Gasteiger charge is -2.18. The Kier molecular flexibility index (Phi) is 61.2. The highest BCUT2D eigenvalue weighted by Crippen LogP contribution is 2.17. The van der Waals surface area contributed by atoms with E-state index in [0.717, 1.165) is 109 Å². The summed E-state index contributed by atoms with van der Waals surface area (Å²) in [4.78, 5) is 38.3. The minimum Gasteiger partial charge on any atom is -0.462 e. The Bertz CT molecular complexity index is 1450. The van der Waals surface area contributed by atoms with Crippen molar-refractivity contribution in [1.29, 1.82) is 0 Å². The minimum atomic E-state index is -0.799. The van der Waals surface area contributed by atoms with Gasteiger partial charge in [-0.2, -0.15) is 0 Å². The molecule has 1 unspecified atom stereocenters. The molecule has 0 fully saturated rings. The largest absolute Gasteiger partial charge is 0.462 e. The van der Waals surface area contributed by atoms with Crippen LogP contribution in [-0.4, -0.2) is 37.2 Å². The molecule has 1 atom stereocenters. The Labute approximate surface area is 471 Å². The van der Waals surface area contributed by atoms with Crippen LogP contribution in [0.1, 0.15) is 323 Å². The molecule has 0 saturated carbocycles. The predicted molar refractivity (Wildman–Crippen MR) is 330 cm³/mol. The van der Waals surface area contributed by atoms with Crippen molar-refractivity contribution in [3.63, 3.8) is 0 Å². The average Bonchev–Trinajstić information content (AvgIpc) is 3.42. The first-order chi connectivity index (χ1) is 37.5. The molecule has 0 aromatic heterocycles. The molecular formula is C70H122O6. The van der Waals surface area contributed by atoms with Gasteiger partial charge in [0.2, 0.25) is 0 Å². The number of ether oxygens (including phenoxy) is 3. The van der Waals surface area contributed by atoms with Crippen LogP contribution in [0.25, 0.3) is 0 Å². The highest BCUT2D eigenvalue weighted by atomic mass is 16.6. The van der Waals surface area contributed by atoms with E-state index in [4.69, 9.17) is 14.2 Å². The van der Waals surface area contributed by atoms with Gasteiger partial charge in [0, 0.05) is 19.3 Å². The molecule has 0 radical (unpaired) electrons. The van der Waals surface area contributed by atoms with Crippen LogP contribution in [0, 0.1) is 0 Å². The fraction of sp³-hybridized carbons (Fsp3) is 0.757. The van der Waals surface area contributed by atoms with Crippen LogP contribution in [0.2, 0.25) is 0 Å². The van der Waals surface area contributed by atoms with E-state index < -0.39 is 6.10 Å². The third-order valence-electron chi connectivity index (χ3n) is 14.1. The smallest absolute Gasteiger partial charge is 0.306 e. The van der Waals surface area contributed by atoms with Gasteiger partial charge in [-0.15, -0.1) is 0 Å². The maximum absolute atomic E-state index is 12.9. The molecule has 0 rings (SSSR count). The van der Waals surface area contributed by atoms with E-state index in [2.05, 4.69) is 106 Å². The van der Waals surface area contributed by atoms with Crippen LogP contribution >= 0.6 is 0 Å². The summed E-state index contributed by atoms with van der Waals surface area (Å²) in [5, 5.41) is 0. The van der Waals surface area contributed by atoms with Gasteiger partial charge in [-0.3, -0.25) is 14.4 Å². The van der Waals surface area contributed by atoms with E-state index in [1.807, 2.05) is 0 Å². The number of carbonyl (C=O) groups excluding carboxylic acids is 3. The highest BCUT2D eigenvalue weighted by molar-refractivity contribution is 5.71. The third-order valence-corrected chi connectivity index (χ3v) is 14.1. The molecule has 0 aliphatic rings. The predicted octanol–water partition coefficient (Wildman–Crippen LogP) is 22.3. The van der Waals surface area contributed by atoms with Crippen molar-refractivity contribution in [3.05, 3.63) is 85.1 Å². The van der Waals surface area contributed by atoms with Crippen LogP contribution in [0.3, 0.4) is 0 Å². The lowest BCUT2D eigenvalue weighted by atomic mass is 10.0. The summed E-state index contributed by atoms with van der Waals surface area (Å²) in [7, 11) is 0. The zero-order valence-electron chi connectivity index (χ0n) is 50.3. The number of carbonyl (C=O) groups is 3. The van der Waals surface area contributed by atoms with Crippen molar-refractivity contribution < 1.29 is 28.6 Å². The molecule has 0 N–H and O–H groups in total. The summed E-state index contributed by atoms with van der Waals surface area (Å²) in [6, 6.07) is 0. The van der Waals surface area contributed by atoms with Crippen molar-refractivity contribution in [1.82, 2.24) is 0 Å². The molecule has 0 bridgehead atoms. The van der Waals surface area contributed by atoms with E-state index in [-0.39, 0.29) is 31.1 Å². The van der Waals surface area contributed by atoms with Gasteiger partial charge in [-0.05, 0) is 89.9 Å². The van der Waals surface area contributed by atoms with E-state index in [0.29, 0.717) is 19.3 Å². The number of unbranched alkanes of at least 4 members (excludes halogenated alkanes) is 34. The van der Waals surface area contributed by atoms with E-state index in [9.17, 15) is 14.4 Å². The van der Waals surface area contributed by atoms with Gasteiger partial charge in [0.05, 0.1) is 0 Å². The Morgan fingerprint density at radius 1 is 0.276 bits per heavy atom. The average molecular weight is 1060 g/mol. The Balaban J connectivity index is 4.30. The number of allylic oxidation sites excluding steroid dienone is 14. The first-order valence-electron chi connectivity index (χ1n) is 32.6. The van der Waals surface area contributed by atoms with E-state index >= 15 is 0 Å². The fourth-order valence-corrected chi connectivity index (χ4v) is 9.33. The maximum atomic E-state index is 12.9. The molecule has 438 valence electrons. The number of rotatable bonds is 59. The second kappa shape index (κ2) is 64.1. The van der Waals surface area contributed by atoms with Crippen molar-refractivity contribution in [2.24, 2.45) is 0 Å². The van der Waals surface area contributed by atoms with Gasteiger partial charge in [-0.1, -0.05) is 298 Å². The standard InChI is InChI=1S/C70H122O6/c1-4-7-10-13-16-19-22-25-28-30-31-32-33-34-35-36-37-38-40-42-45-48-51-54-57-60-63-69(72)75-66-67(65-74-68(71)62-59-56-53-50-47-44-41-27-24-21-18-15-12-9-6-3)76-70(73)64-61-58-55-52-49-46-43-39-29-26-23-20-17-14-11-8-5-2/h8-9,11-12,17-18,20-21,26-27,29,41,47,50,67H,4-7,10,13-16,19,22-25,28,30-40,42-46,48-49,51-66H2,1-3H3/b11-8-,12-9-,20-17-,21-18-,29-26-,41-27-,50-47-. The second-order valence-electron chi connectivity index (χ2n) is 21.6. The molecule has 76 heavy (non-hydrogen) atoms. The van der Waals surface area contributed by atoms with Gasteiger partial charge in [0.1, 0.15) is 13.2 Å². The van der Waals surface area contributed by atoms with Crippen LogP contribution in [0.4, 0.5) is 0 Å². The first kappa shape index (κ1) is 72.6. The van der Waals surface area contributed by atoms with Crippen molar-refractivity contribution >= 4 is 17.9 Å². The summed E-state index contributed by atoms with van der Waals surface area (Å²) in [6.45, 7) is 6.41. The fourth-order valence-electron chi connectivity index (χ4n) is 9.33. The molecule has 0 heterocycles. The van der Waals surface area contributed by atoms with Crippen molar-refractivity contribution in [3.8, 4) is 0 Å². The van der Waals surface area contributed by atoms with Crippen molar-refractivity contribution in [2.75, 3.05) is 13.2 Å². The zero-order valence-corrected chi connectivity index (χ0v) is 50.3. The van der Waals surface area contributed by atoms with Gasteiger partial charge in [-0.25, -0.2) is 0 Å². The highest BCUT2D eigenvalue weighted by Gasteiger charge is 2.19. The summed E-state index contributed by atoms with van der Waals surface area (Å²) < 4.78 is 16.9. The molecule has 0 aromatic carbocycles. The summed E-state index contributed by atoms with van der Waals surface area (Å²) in [5.74, 6) is -0.932. The summed E-state index contributed by atoms with van der Waals surface area (Å²) in [6.07, 6.45) is 84.7. The molecule has 6 heteroatoms. The molecule has 0 spiro atoms. The van der Waals surface area contributed by atoms with Crippen molar-refractivity contribution in [2.45, 2.75) is 329 Å². The molecule has 0 amide bonds. The Morgan fingerprint density at radius 3 is 0.829 bits per heavy atom. The van der Waals surface area contributed by atoms with Gasteiger partial charge in [0.15, 0.2) is 6.10 Å². The molecule has 0 saturated heterocycles. The maximum Gasteiger partial charge on any atom is 0.306 e. The normalized spacial score (nSPS) is 12.6. The van der Waals surface area contributed by atoms with Gasteiger partial charge >= 0.3 is 17.9 Å². The molecule has 0 aliphatic carbocycles. The van der Waals surface area contributed by atoms with Crippen LogP contribution in [0.15, 0.2) is 85.1 Å². The van der Waals surface area contributed by atoms with Crippen LogP contribution < -0.4 is 0 Å². The zero-order chi connectivity index (χ0) is 55.0. The Morgan fingerprint density at radius 2 is 0.513 bits per heavy atom. The molecular weight excluding hydrogens is 937 g/mol.